The Bertz CT molecular complexity index is 1070. The van der Waals surface area contributed by atoms with E-state index < -0.39 is 0 Å². The molecule has 2 fully saturated rings. The van der Waals surface area contributed by atoms with Gasteiger partial charge in [0, 0.05) is 23.7 Å². The van der Waals surface area contributed by atoms with Gasteiger partial charge in [0.05, 0.1) is 30.3 Å². The fourth-order valence-electron chi connectivity index (χ4n) is 4.23. The Morgan fingerprint density at radius 1 is 1.13 bits per heavy atom. The van der Waals surface area contributed by atoms with Crippen LogP contribution in [0.2, 0.25) is 0 Å². The van der Waals surface area contributed by atoms with E-state index in [1.807, 2.05) is 30.3 Å². The van der Waals surface area contributed by atoms with Gasteiger partial charge in [-0.2, -0.15) is 5.10 Å². The maximum Gasteiger partial charge on any atom is 0.255 e. The van der Waals surface area contributed by atoms with E-state index in [-0.39, 0.29) is 11.9 Å². The number of carbonyl (C=O) groups excluding carboxylic acids is 1. The van der Waals surface area contributed by atoms with E-state index in [9.17, 15) is 4.79 Å². The number of para-hydroxylation sites is 1. The van der Waals surface area contributed by atoms with Gasteiger partial charge in [0.2, 0.25) is 0 Å². The first kappa shape index (κ1) is 18.8. The van der Waals surface area contributed by atoms with E-state index in [0.29, 0.717) is 17.4 Å². The molecule has 2 aliphatic rings. The van der Waals surface area contributed by atoms with Crippen molar-refractivity contribution < 1.29 is 9.53 Å². The minimum atomic E-state index is -0.0315. The van der Waals surface area contributed by atoms with Crippen molar-refractivity contribution in [3.05, 3.63) is 54.0 Å². The van der Waals surface area contributed by atoms with Crippen LogP contribution in [0.15, 0.2) is 42.7 Å². The molecule has 2 aliphatic carbocycles. The molecule has 0 unspecified atom stereocenters. The lowest BCUT2D eigenvalue weighted by molar-refractivity contribution is 0.0937. The van der Waals surface area contributed by atoms with Gasteiger partial charge in [0.15, 0.2) is 0 Å². The van der Waals surface area contributed by atoms with Gasteiger partial charge in [0.25, 0.3) is 11.9 Å². The summed E-state index contributed by atoms with van der Waals surface area (Å²) in [5, 5.41) is 7.71. The quantitative estimate of drug-likeness (QED) is 0.675. The minimum absolute atomic E-state index is 0.0315. The third-order valence-corrected chi connectivity index (χ3v) is 5.92. The zero-order valence-corrected chi connectivity index (χ0v) is 17.0. The Balaban J connectivity index is 1.50. The maximum atomic E-state index is 12.9. The lowest BCUT2D eigenvalue weighted by atomic mass is 10.1. The topological polar surface area (TPSA) is 81.9 Å². The van der Waals surface area contributed by atoms with Gasteiger partial charge in [-0.05, 0) is 43.9 Å². The van der Waals surface area contributed by atoms with Gasteiger partial charge < -0.3 is 10.1 Å². The molecule has 0 aliphatic heterocycles. The Morgan fingerprint density at radius 3 is 2.70 bits per heavy atom. The highest BCUT2D eigenvalue weighted by atomic mass is 16.5. The predicted molar refractivity (Wildman–Crippen MR) is 113 cm³/mol. The van der Waals surface area contributed by atoms with Crippen LogP contribution in [0.25, 0.3) is 17.2 Å². The summed E-state index contributed by atoms with van der Waals surface area (Å²) in [6.45, 7) is 0. The predicted octanol–water partition coefficient (Wildman–Crippen LogP) is 3.89. The molecule has 0 bridgehead atoms. The van der Waals surface area contributed by atoms with E-state index in [2.05, 4.69) is 15.4 Å². The largest absolute Gasteiger partial charge is 0.496 e. The molecule has 1 aromatic carbocycles. The molecular formula is C23H25N5O2. The van der Waals surface area contributed by atoms with E-state index in [0.717, 1.165) is 48.4 Å². The van der Waals surface area contributed by atoms with Crippen LogP contribution in [-0.4, -0.2) is 38.8 Å². The maximum absolute atomic E-state index is 12.9. The molecule has 1 N–H and O–H groups in total. The summed E-state index contributed by atoms with van der Waals surface area (Å²) < 4.78 is 7.22. The van der Waals surface area contributed by atoms with Crippen molar-refractivity contribution >= 4 is 5.91 Å². The van der Waals surface area contributed by atoms with Crippen molar-refractivity contribution in [2.75, 3.05) is 7.11 Å². The molecule has 2 aromatic heterocycles. The van der Waals surface area contributed by atoms with Crippen molar-refractivity contribution in [2.45, 2.75) is 50.5 Å². The summed E-state index contributed by atoms with van der Waals surface area (Å²) in [5.41, 5.74) is 3.22. The Hall–Kier alpha value is -3.22. The first-order chi connectivity index (χ1) is 14.7. The molecule has 5 rings (SSSR count). The number of aromatic nitrogens is 4. The number of rotatable bonds is 6. The SMILES string of the molecule is COc1ccccc1-c1ccnc(-n2ncc(C(=O)NC3CCCC3)c2C2CC2)n1. The number of benzene rings is 1. The lowest BCUT2D eigenvalue weighted by Gasteiger charge is -2.13. The zero-order chi connectivity index (χ0) is 20.5. The molecule has 7 heteroatoms. The fourth-order valence-corrected chi connectivity index (χ4v) is 4.23. The second-order valence-electron chi connectivity index (χ2n) is 8.03. The van der Waals surface area contributed by atoms with E-state index in [4.69, 9.17) is 9.72 Å². The highest BCUT2D eigenvalue weighted by molar-refractivity contribution is 5.95. The Kier molecular flexibility index (Phi) is 4.94. The highest BCUT2D eigenvalue weighted by Crippen LogP contribution is 2.42. The van der Waals surface area contributed by atoms with Crippen LogP contribution in [0.4, 0.5) is 0 Å². The zero-order valence-electron chi connectivity index (χ0n) is 17.0. The molecular weight excluding hydrogens is 378 g/mol. The monoisotopic (exact) mass is 403 g/mol. The summed E-state index contributed by atoms with van der Waals surface area (Å²) in [4.78, 5) is 22.1. The Labute approximate surface area is 175 Å². The first-order valence-electron chi connectivity index (χ1n) is 10.6. The van der Waals surface area contributed by atoms with E-state index in [1.54, 1.807) is 24.2 Å². The summed E-state index contributed by atoms with van der Waals surface area (Å²) in [7, 11) is 1.65. The van der Waals surface area contributed by atoms with Gasteiger partial charge in [-0.3, -0.25) is 4.79 Å². The van der Waals surface area contributed by atoms with E-state index in [1.165, 1.54) is 12.8 Å². The Morgan fingerprint density at radius 2 is 1.93 bits per heavy atom. The van der Waals surface area contributed by atoms with Crippen LogP contribution in [0.5, 0.6) is 5.75 Å². The summed E-state index contributed by atoms with van der Waals surface area (Å²) in [5.74, 6) is 1.52. The second-order valence-corrected chi connectivity index (χ2v) is 8.03. The second kappa shape index (κ2) is 7.89. The molecule has 0 radical (unpaired) electrons. The summed E-state index contributed by atoms with van der Waals surface area (Å²) in [6, 6.07) is 9.89. The number of hydrogen-bond donors (Lipinski definition) is 1. The van der Waals surface area contributed by atoms with Gasteiger partial charge in [0.1, 0.15) is 5.75 Å². The molecule has 30 heavy (non-hydrogen) atoms. The first-order valence-corrected chi connectivity index (χ1v) is 10.6. The fraction of sp³-hybridized carbons (Fsp3) is 0.391. The molecule has 1 amide bonds. The normalized spacial score (nSPS) is 16.6. The average molecular weight is 403 g/mol. The van der Waals surface area contributed by atoms with E-state index >= 15 is 0 Å². The number of nitrogens with one attached hydrogen (secondary N) is 1. The van der Waals surface area contributed by atoms with Crippen molar-refractivity contribution in [3.8, 4) is 23.0 Å². The van der Waals surface area contributed by atoms with Crippen LogP contribution >= 0.6 is 0 Å². The minimum Gasteiger partial charge on any atom is -0.496 e. The van der Waals surface area contributed by atoms with Crippen LogP contribution in [0.1, 0.15) is 60.5 Å². The number of methoxy groups -OCH3 is 1. The smallest absolute Gasteiger partial charge is 0.255 e. The molecule has 7 nitrogen and oxygen atoms in total. The van der Waals surface area contributed by atoms with Crippen LogP contribution in [0, 0.1) is 0 Å². The molecule has 0 saturated heterocycles. The number of ether oxygens (including phenoxy) is 1. The number of hydrogen-bond acceptors (Lipinski definition) is 5. The molecule has 0 spiro atoms. The third-order valence-electron chi connectivity index (χ3n) is 5.92. The van der Waals surface area contributed by atoms with Gasteiger partial charge in [-0.25, -0.2) is 14.6 Å². The average Bonchev–Trinajstić information content (AvgIpc) is 3.31. The lowest BCUT2D eigenvalue weighted by Crippen LogP contribution is -2.33. The number of amides is 1. The van der Waals surface area contributed by atoms with Crippen LogP contribution < -0.4 is 10.1 Å². The standard InChI is InChI=1S/C23H25N5O2/c1-30-20-9-5-4-8-17(20)19-12-13-24-23(27-19)28-21(15-10-11-15)18(14-25-28)22(29)26-16-6-2-3-7-16/h4-5,8-9,12-16H,2-3,6-7,10-11H2,1H3,(H,26,29). The van der Waals surface area contributed by atoms with Crippen LogP contribution in [0.3, 0.4) is 0 Å². The molecule has 3 aromatic rings. The summed E-state index contributed by atoms with van der Waals surface area (Å²) >= 11 is 0. The molecule has 2 heterocycles. The number of nitrogens with zero attached hydrogens (tertiary/aromatic N) is 4. The van der Waals surface area contributed by atoms with Crippen molar-refractivity contribution in [1.29, 1.82) is 0 Å². The molecule has 0 atom stereocenters. The van der Waals surface area contributed by atoms with Gasteiger partial charge >= 0.3 is 0 Å². The van der Waals surface area contributed by atoms with Crippen molar-refractivity contribution in [3.63, 3.8) is 0 Å². The van der Waals surface area contributed by atoms with Crippen LogP contribution in [-0.2, 0) is 0 Å². The van der Waals surface area contributed by atoms with Gasteiger partial charge in [-0.1, -0.05) is 25.0 Å². The number of carbonyl (C=O) groups is 1. The van der Waals surface area contributed by atoms with Crippen molar-refractivity contribution in [1.82, 2.24) is 25.1 Å². The van der Waals surface area contributed by atoms with Gasteiger partial charge in [-0.15, -0.1) is 0 Å². The highest BCUT2D eigenvalue weighted by Gasteiger charge is 2.34. The third kappa shape index (κ3) is 3.56. The molecule has 154 valence electrons. The van der Waals surface area contributed by atoms with Crippen molar-refractivity contribution in [2.24, 2.45) is 0 Å². The summed E-state index contributed by atoms with van der Waals surface area (Å²) in [6.07, 6.45) is 9.99. The molecule has 2 saturated carbocycles.